The van der Waals surface area contributed by atoms with Gasteiger partial charge in [-0.15, -0.1) is 0 Å². The summed E-state index contributed by atoms with van der Waals surface area (Å²) in [7, 11) is 0. The van der Waals surface area contributed by atoms with Gasteiger partial charge in [0.15, 0.2) is 0 Å². The number of halogens is 2. The Morgan fingerprint density at radius 2 is 2.14 bits per heavy atom. The third-order valence-corrected chi connectivity index (χ3v) is 2.57. The molecule has 0 spiro atoms. The first-order valence-electron chi connectivity index (χ1n) is 5.32. The van der Waals surface area contributed by atoms with Gasteiger partial charge >= 0.3 is 0 Å². The van der Waals surface area contributed by atoms with Gasteiger partial charge in [-0.05, 0) is 32.7 Å². The van der Waals surface area contributed by atoms with Crippen molar-refractivity contribution in [3.8, 4) is 0 Å². The van der Waals surface area contributed by atoms with Gasteiger partial charge in [0, 0.05) is 0 Å². The van der Waals surface area contributed by atoms with E-state index in [0.717, 1.165) is 19.3 Å². The monoisotopic (exact) mass is 207 g/mol. The summed E-state index contributed by atoms with van der Waals surface area (Å²) in [5, 5.41) is 2.86. The largest absolute Gasteiger partial charge is 0.373 e. The van der Waals surface area contributed by atoms with Crippen LogP contribution in [0.25, 0.3) is 0 Å². The van der Waals surface area contributed by atoms with E-state index in [2.05, 4.69) is 5.32 Å². The highest BCUT2D eigenvalue weighted by Crippen LogP contribution is 2.24. The van der Waals surface area contributed by atoms with Crippen molar-refractivity contribution in [1.82, 2.24) is 5.32 Å². The Balaban J connectivity index is 2.41. The van der Waals surface area contributed by atoms with Crippen LogP contribution in [0, 0.1) is 0 Å². The maximum absolute atomic E-state index is 12.7. The lowest BCUT2D eigenvalue weighted by molar-refractivity contribution is -0.0205. The molecule has 3 atom stereocenters. The average Bonchev–Trinajstić information content (AvgIpc) is 2.52. The highest BCUT2D eigenvalue weighted by molar-refractivity contribution is 4.84. The first kappa shape index (κ1) is 11.9. The summed E-state index contributed by atoms with van der Waals surface area (Å²) in [4.78, 5) is 0. The lowest BCUT2D eigenvalue weighted by Gasteiger charge is -2.23. The number of nitrogens with one attached hydrogen (secondary N) is 1. The Morgan fingerprint density at radius 1 is 1.43 bits per heavy atom. The zero-order valence-corrected chi connectivity index (χ0v) is 8.80. The van der Waals surface area contributed by atoms with E-state index < -0.39 is 12.5 Å². The van der Waals surface area contributed by atoms with Crippen LogP contribution < -0.4 is 5.32 Å². The van der Waals surface area contributed by atoms with Crippen LogP contribution in [0.3, 0.4) is 0 Å². The van der Waals surface area contributed by atoms with Crippen LogP contribution in [0.15, 0.2) is 0 Å². The minimum atomic E-state index is -2.34. The second-order valence-corrected chi connectivity index (χ2v) is 3.88. The van der Waals surface area contributed by atoms with Crippen molar-refractivity contribution in [2.45, 2.75) is 57.8 Å². The van der Waals surface area contributed by atoms with Crippen molar-refractivity contribution in [3.05, 3.63) is 0 Å². The summed E-state index contributed by atoms with van der Waals surface area (Å²) in [5.74, 6) is 0. The van der Waals surface area contributed by atoms with Gasteiger partial charge in [0.05, 0.1) is 18.2 Å². The molecule has 3 unspecified atom stereocenters. The molecule has 1 rings (SSSR count). The molecule has 0 aliphatic carbocycles. The molecular weight excluding hydrogens is 188 g/mol. The van der Waals surface area contributed by atoms with Crippen LogP contribution in [-0.4, -0.2) is 31.2 Å². The van der Waals surface area contributed by atoms with E-state index in [-0.39, 0.29) is 12.2 Å². The molecule has 0 saturated carbocycles. The van der Waals surface area contributed by atoms with Crippen LogP contribution in [0.2, 0.25) is 0 Å². The number of rotatable bonds is 5. The molecule has 0 radical (unpaired) electrons. The number of hydrogen-bond acceptors (Lipinski definition) is 2. The molecule has 0 aromatic rings. The SMILES string of the molecule is CCCNC(C(F)F)C1CCC(C)O1. The van der Waals surface area contributed by atoms with E-state index in [0.29, 0.717) is 6.54 Å². The van der Waals surface area contributed by atoms with Gasteiger partial charge in [-0.25, -0.2) is 8.78 Å². The molecule has 4 heteroatoms. The minimum absolute atomic E-state index is 0.129. The second-order valence-electron chi connectivity index (χ2n) is 3.88. The Kier molecular flexibility index (Phi) is 4.75. The van der Waals surface area contributed by atoms with Crippen LogP contribution in [0.4, 0.5) is 8.78 Å². The maximum Gasteiger partial charge on any atom is 0.256 e. The van der Waals surface area contributed by atoms with Crippen LogP contribution in [0.1, 0.15) is 33.1 Å². The Bertz CT molecular complexity index is 166. The normalized spacial score (nSPS) is 29.8. The Labute approximate surface area is 84.0 Å². The molecule has 1 aliphatic rings. The smallest absolute Gasteiger partial charge is 0.256 e. The Morgan fingerprint density at radius 3 is 2.57 bits per heavy atom. The van der Waals surface area contributed by atoms with Gasteiger partial charge in [-0.3, -0.25) is 0 Å². The molecule has 1 saturated heterocycles. The zero-order chi connectivity index (χ0) is 10.6. The van der Waals surface area contributed by atoms with E-state index in [1.165, 1.54) is 0 Å². The third-order valence-electron chi connectivity index (χ3n) is 2.57. The maximum atomic E-state index is 12.7. The van der Waals surface area contributed by atoms with Crippen molar-refractivity contribution in [2.75, 3.05) is 6.54 Å². The predicted octanol–water partition coefficient (Wildman–Crippen LogP) is 2.19. The molecule has 2 nitrogen and oxygen atoms in total. The first-order valence-corrected chi connectivity index (χ1v) is 5.32. The molecule has 1 fully saturated rings. The molecule has 1 N–H and O–H groups in total. The van der Waals surface area contributed by atoms with Crippen LogP contribution in [0.5, 0.6) is 0 Å². The van der Waals surface area contributed by atoms with Gasteiger partial charge < -0.3 is 10.1 Å². The fourth-order valence-electron chi connectivity index (χ4n) is 1.79. The highest BCUT2D eigenvalue weighted by Gasteiger charge is 2.34. The Hall–Kier alpha value is -0.220. The van der Waals surface area contributed by atoms with Gasteiger partial charge in [-0.1, -0.05) is 6.92 Å². The third kappa shape index (κ3) is 3.17. The van der Waals surface area contributed by atoms with Crippen molar-refractivity contribution < 1.29 is 13.5 Å². The summed E-state index contributed by atoms with van der Waals surface area (Å²) in [5.41, 5.74) is 0. The lowest BCUT2D eigenvalue weighted by Crippen LogP contribution is -2.45. The lowest BCUT2D eigenvalue weighted by atomic mass is 10.1. The van der Waals surface area contributed by atoms with E-state index in [1.54, 1.807) is 0 Å². The van der Waals surface area contributed by atoms with Gasteiger partial charge in [0.25, 0.3) is 6.43 Å². The summed E-state index contributed by atoms with van der Waals surface area (Å²) >= 11 is 0. The van der Waals surface area contributed by atoms with Gasteiger partial charge in [0.2, 0.25) is 0 Å². The van der Waals surface area contributed by atoms with Gasteiger partial charge in [0.1, 0.15) is 0 Å². The molecule has 84 valence electrons. The fourth-order valence-corrected chi connectivity index (χ4v) is 1.79. The molecule has 1 heterocycles. The number of hydrogen-bond donors (Lipinski definition) is 1. The summed E-state index contributed by atoms with van der Waals surface area (Å²) < 4.78 is 30.8. The van der Waals surface area contributed by atoms with E-state index in [1.807, 2.05) is 13.8 Å². The summed E-state index contributed by atoms with van der Waals surface area (Å²) in [6.07, 6.45) is -0.0156. The number of ether oxygens (including phenoxy) is 1. The molecule has 0 aromatic carbocycles. The van der Waals surface area contributed by atoms with Crippen molar-refractivity contribution in [1.29, 1.82) is 0 Å². The number of alkyl halides is 2. The molecule has 14 heavy (non-hydrogen) atoms. The highest BCUT2D eigenvalue weighted by atomic mass is 19.3. The summed E-state index contributed by atoms with van der Waals surface area (Å²) in [6.45, 7) is 4.53. The summed E-state index contributed by atoms with van der Waals surface area (Å²) in [6, 6.07) is -0.792. The van der Waals surface area contributed by atoms with E-state index in [9.17, 15) is 8.78 Å². The van der Waals surface area contributed by atoms with Crippen molar-refractivity contribution in [2.24, 2.45) is 0 Å². The molecule has 0 bridgehead atoms. The van der Waals surface area contributed by atoms with Crippen molar-refractivity contribution >= 4 is 0 Å². The topological polar surface area (TPSA) is 21.3 Å². The van der Waals surface area contributed by atoms with Crippen LogP contribution >= 0.6 is 0 Å². The first-order chi connectivity index (χ1) is 6.65. The standard InChI is InChI=1S/C10H19F2NO/c1-3-6-13-9(10(11)12)8-5-4-7(2)14-8/h7-10,13H,3-6H2,1-2H3. The molecule has 1 aliphatic heterocycles. The molecular formula is C10H19F2NO. The van der Waals surface area contributed by atoms with Gasteiger partial charge in [-0.2, -0.15) is 0 Å². The van der Waals surface area contributed by atoms with E-state index in [4.69, 9.17) is 4.74 Å². The predicted molar refractivity (Wildman–Crippen MR) is 51.7 cm³/mol. The molecule has 0 amide bonds. The fraction of sp³-hybridized carbons (Fsp3) is 1.00. The average molecular weight is 207 g/mol. The quantitative estimate of drug-likeness (QED) is 0.746. The minimum Gasteiger partial charge on any atom is -0.373 e. The zero-order valence-electron chi connectivity index (χ0n) is 8.80. The molecule has 0 aromatic heterocycles. The van der Waals surface area contributed by atoms with E-state index >= 15 is 0 Å². The van der Waals surface area contributed by atoms with Crippen LogP contribution in [-0.2, 0) is 4.74 Å². The van der Waals surface area contributed by atoms with Crippen molar-refractivity contribution in [3.63, 3.8) is 0 Å². The second kappa shape index (κ2) is 5.61.